The fourth-order valence-corrected chi connectivity index (χ4v) is 0.322. The molecule has 0 aliphatic carbocycles. The second-order valence-corrected chi connectivity index (χ2v) is 1.99. The zero-order chi connectivity index (χ0) is 6.41. The van der Waals surface area contributed by atoms with Crippen LogP contribution in [-0.4, -0.2) is 7.11 Å². The third-order valence-corrected chi connectivity index (χ3v) is 0.963. The van der Waals surface area contributed by atoms with E-state index in [1.54, 1.807) is 6.92 Å². The van der Waals surface area contributed by atoms with Crippen molar-refractivity contribution in [3.05, 3.63) is 11.2 Å². The van der Waals surface area contributed by atoms with E-state index in [1.807, 2.05) is 0 Å². The van der Waals surface area contributed by atoms with Crippen LogP contribution in [0.25, 0.3) is 0 Å². The standard InChI is InChI=1S/C4H8O3S/c1-4(3-5)8-7-6-2/h3,5H,1-2H3/p-1/b4-3+. The van der Waals surface area contributed by atoms with Crippen molar-refractivity contribution in [2.75, 3.05) is 7.11 Å². The first-order valence-electron chi connectivity index (χ1n) is 1.97. The van der Waals surface area contributed by atoms with E-state index in [-0.39, 0.29) is 0 Å². The molecule has 0 aliphatic rings. The van der Waals surface area contributed by atoms with Gasteiger partial charge in [0.15, 0.2) is 0 Å². The first-order chi connectivity index (χ1) is 3.81. The molecule has 0 saturated carbocycles. The maximum absolute atomic E-state index is 9.82. The highest BCUT2D eigenvalue weighted by atomic mass is 32.2. The maximum Gasteiger partial charge on any atom is 0.0725 e. The van der Waals surface area contributed by atoms with Gasteiger partial charge >= 0.3 is 0 Å². The summed E-state index contributed by atoms with van der Waals surface area (Å²) in [7, 11) is 1.38. The minimum absolute atomic E-state index is 0.534. The van der Waals surface area contributed by atoms with Crippen molar-refractivity contribution in [1.29, 1.82) is 0 Å². The minimum atomic E-state index is 0.534. The molecule has 3 nitrogen and oxygen atoms in total. The lowest BCUT2D eigenvalue weighted by Crippen LogP contribution is -1.87. The van der Waals surface area contributed by atoms with E-state index >= 15 is 0 Å². The molecule has 0 spiro atoms. The quantitative estimate of drug-likeness (QED) is 0.243. The molecule has 0 fully saturated rings. The molecule has 4 heteroatoms. The summed E-state index contributed by atoms with van der Waals surface area (Å²) in [5, 5.41) is 9.82. The molecule has 0 N–H and O–H groups in total. The highest BCUT2D eigenvalue weighted by molar-refractivity contribution is 7.98. The average molecular weight is 135 g/mol. The SMILES string of the molecule is COOS/C(C)=C/[O-]. The lowest BCUT2D eigenvalue weighted by molar-refractivity contribution is -0.275. The summed E-state index contributed by atoms with van der Waals surface area (Å²) in [6.45, 7) is 1.64. The van der Waals surface area contributed by atoms with E-state index in [1.165, 1.54) is 7.11 Å². The predicted octanol–water partition coefficient (Wildman–Crippen LogP) is 0.434. The van der Waals surface area contributed by atoms with Gasteiger partial charge in [0.2, 0.25) is 0 Å². The molecule has 0 radical (unpaired) electrons. The van der Waals surface area contributed by atoms with Crippen LogP contribution in [0.15, 0.2) is 11.2 Å². The van der Waals surface area contributed by atoms with E-state index in [0.29, 0.717) is 11.2 Å². The first-order valence-corrected chi connectivity index (χ1v) is 2.71. The molecular formula is C4H7O3S-. The van der Waals surface area contributed by atoms with Gasteiger partial charge in [-0.2, -0.15) is 4.33 Å². The zero-order valence-electron chi connectivity index (χ0n) is 4.71. The van der Waals surface area contributed by atoms with Crippen molar-refractivity contribution < 1.29 is 14.3 Å². The zero-order valence-corrected chi connectivity index (χ0v) is 5.53. The molecule has 0 saturated heterocycles. The van der Waals surface area contributed by atoms with Gasteiger partial charge in [0.25, 0.3) is 0 Å². The van der Waals surface area contributed by atoms with Crippen molar-refractivity contribution in [2.24, 2.45) is 0 Å². The van der Waals surface area contributed by atoms with Gasteiger partial charge in [-0.25, -0.2) is 4.89 Å². The Labute approximate surface area is 52.4 Å². The Hall–Kier alpha value is -0.190. The van der Waals surface area contributed by atoms with E-state index < -0.39 is 0 Å². The molecule has 48 valence electrons. The second-order valence-electron chi connectivity index (χ2n) is 1.05. The number of rotatable bonds is 3. The molecule has 0 heterocycles. The van der Waals surface area contributed by atoms with Crippen molar-refractivity contribution >= 4 is 12.0 Å². The molecule has 0 aliphatic heterocycles. The average Bonchev–Trinajstić information content (AvgIpc) is 1.83. The van der Waals surface area contributed by atoms with Gasteiger partial charge in [-0.15, -0.1) is 6.26 Å². The smallest absolute Gasteiger partial charge is 0.0725 e. The molecule has 0 unspecified atom stereocenters. The van der Waals surface area contributed by atoms with Crippen LogP contribution < -0.4 is 5.11 Å². The van der Waals surface area contributed by atoms with Crippen molar-refractivity contribution in [3.63, 3.8) is 0 Å². The number of hydrogen-bond acceptors (Lipinski definition) is 4. The summed E-state index contributed by atoms with van der Waals surface area (Å²) in [6, 6.07) is 0. The monoisotopic (exact) mass is 135 g/mol. The number of hydrogen-bond donors (Lipinski definition) is 0. The summed E-state index contributed by atoms with van der Waals surface area (Å²) in [6.07, 6.45) is 0.698. The second kappa shape index (κ2) is 4.96. The fraction of sp³-hybridized carbons (Fsp3) is 0.500. The van der Waals surface area contributed by atoms with Crippen molar-refractivity contribution in [2.45, 2.75) is 6.92 Å². The van der Waals surface area contributed by atoms with Gasteiger partial charge in [0.1, 0.15) is 0 Å². The van der Waals surface area contributed by atoms with Crippen LogP contribution in [-0.2, 0) is 9.22 Å². The third kappa shape index (κ3) is 3.98. The lowest BCUT2D eigenvalue weighted by Gasteiger charge is -1.98. The molecule has 0 aromatic rings. The molecule has 0 amide bonds. The molecule has 0 bridgehead atoms. The molecular weight excluding hydrogens is 128 g/mol. The third-order valence-electron chi connectivity index (χ3n) is 0.399. The largest absolute Gasteiger partial charge is 0.877 e. The molecule has 0 atom stereocenters. The molecule has 0 aromatic heterocycles. The van der Waals surface area contributed by atoms with Crippen LogP contribution in [0, 0.1) is 0 Å². The Balaban J connectivity index is 3.12. The van der Waals surface area contributed by atoms with Crippen LogP contribution in [0.2, 0.25) is 0 Å². The van der Waals surface area contributed by atoms with Gasteiger partial charge < -0.3 is 5.11 Å². The highest BCUT2D eigenvalue weighted by Crippen LogP contribution is 2.13. The van der Waals surface area contributed by atoms with Crippen LogP contribution in [0.5, 0.6) is 0 Å². The summed E-state index contributed by atoms with van der Waals surface area (Å²) in [5.41, 5.74) is 0. The van der Waals surface area contributed by atoms with Gasteiger partial charge in [0.05, 0.1) is 19.2 Å². The Morgan fingerprint density at radius 1 is 1.75 bits per heavy atom. The summed E-state index contributed by atoms with van der Waals surface area (Å²) in [5.74, 6) is 0. The van der Waals surface area contributed by atoms with Crippen LogP contribution in [0.3, 0.4) is 0 Å². The van der Waals surface area contributed by atoms with Crippen molar-refractivity contribution in [3.8, 4) is 0 Å². The van der Waals surface area contributed by atoms with Crippen LogP contribution >= 0.6 is 12.0 Å². The topological polar surface area (TPSA) is 41.5 Å². The minimum Gasteiger partial charge on any atom is -0.877 e. The van der Waals surface area contributed by atoms with Gasteiger partial charge in [0, 0.05) is 0 Å². The lowest BCUT2D eigenvalue weighted by atomic mass is 10.7. The van der Waals surface area contributed by atoms with E-state index in [4.69, 9.17) is 0 Å². The van der Waals surface area contributed by atoms with Crippen molar-refractivity contribution in [1.82, 2.24) is 0 Å². The fourth-order valence-electron chi connectivity index (χ4n) is 0.107. The van der Waals surface area contributed by atoms with Gasteiger partial charge in [-0.3, -0.25) is 0 Å². The van der Waals surface area contributed by atoms with Gasteiger partial charge in [-0.05, 0) is 11.8 Å². The molecule has 0 rings (SSSR count). The summed E-state index contributed by atoms with van der Waals surface area (Å²) >= 11 is 0.903. The molecule has 8 heavy (non-hydrogen) atoms. The Kier molecular flexibility index (Phi) is 4.84. The van der Waals surface area contributed by atoms with Gasteiger partial charge in [-0.1, -0.05) is 0 Å². The Morgan fingerprint density at radius 3 is 2.75 bits per heavy atom. The normalized spacial score (nSPS) is 12.0. The van der Waals surface area contributed by atoms with Crippen LogP contribution in [0.1, 0.15) is 6.92 Å². The maximum atomic E-state index is 9.82. The van der Waals surface area contributed by atoms with E-state index in [0.717, 1.165) is 12.0 Å². The summed E-state index contributed by atoms with van der Waals surface area (Å²) in [4.78, 5) is 4.73. The first kappa shape index (κ1) is 7.81. The van der Waals surface area contributed by atoms with E-state index in [9.17, 15) is 5.11 Å². The Morgan fingerprint density at radius 2 is 2.38 bits per heavy atom. The predicted molar refractivity (Wildman–Crippen MR) is 29.4 cm³/mol. The van der Waals surface area contributed by atoms with Crippen LogP contribution in [0.4, 0.5) is 0 Å². The highest BCUT2D eigenvalue weighted by Gasteiger charge is 1.84. The Bertz CT molecular complexity index is 81.4. The van der Waals surface area contributed by atoms with E-state index in [2.05, 4.69) is 9.22 Å². The number of allylic oxidation sites excluding steroid dienone is 1. The summed E-state index contributed by atoms with van der Waals surface area (Å²) < 4.78 is 4.33. The molecule has 0 aromatic carbocycles.